The minimum absolute atomic E-state index is 0.346. The molecule has 0 radical (unpaired) electrons. The Morgan fingerprint density at radius 1 is 1.14 bits per heavy atom. The van der Waals surface area contributed by atoms with Crippen LogP contribution >= 0.6 is 11.3 Å². The number of hydrogen-bond acceptors (Lipinski definition) is 9. The number of hydrogen-bond donors (Lipinski definition) is 1. The summed E-state index contributed by atoms with van der Waals surface area (Å²) in [7, 11) is 1.26. The first kappa shape index (κ1) is 28.3. The van der Waals surface area contributed by atoms with Crippen molar-refractivity contribution in [3.05, 3.63) is 70.6 Å². The lowest BCUT2D eigenvalue weighted by Crippen LogP contribution is -2.25. The summed E-state index contributed by atoms with van der Waals surface area (Å²) in [4.78, 5) is 10.5. The minimum atomic E-state index is -3.63. The van der Waals surface area contributed by atoms with Crippen molar-refractivity contribution in [1.29, 1.82) is 0 Å². The molecule has 1 aliphatic rings. The van der Waals surface area contributed by atoms with Gasteiger partial charge < -0.3 is 19.2 Å². The number of ether oxygens (including phenoxy) is 2. The van der Waals surface area contributed by atoms with E-state index in [0.29, 0.717) is 64.9 Å². The maximum absolute atomic E-state index is 13.7. The average molecular weight is 609 g/mol. The molecular weight excluding hydrogens is 579 g/mol. The summed E-state index contributed by atoms with van der Waals surface area (Å²) in [5.41, 5.74) is 5.54. The molecule has 218 valence electrons. The van der Waals surface area contributed by atoms with Gasteiger partial charge in [0.05, 0.1) is 48.4 Å². The van der Waals surface area contributed by atoms with Gasteiger partial charge in [-0.25, -0.2) is 22.8 Å². The molecule has 5 aromatic rings. The number of benzene rings is 2. The molecule has 0 atom stereocenters. The average Bonchev–Trinajstić information content (AvgIpc) is 3.57. The maximum Gasteiger partial charge on any atom is 0.232 e. The molecule has 0 amide bonds. The van der Waals surface area contributed by atoms with Crippen LogP contribution in [0.1, 0.15) is 16.1 Å². The number of nitrogens with one attached hydrogen (secondary N) is 1. The van der Waals surface area contributed by atoms with Crippen LogP contribution in [0.2, 0.25) is 0 Å². The number of pyridine rings is 1. The summed E-state index contributed by atoms with van der Waals surface area (Å²) in [5, 5.41) is 4.74. The summed E-state index contributed by atoms with van der Waals surface area (Å²) in [5.74, 6) is 0.650. The Hall–Kier alpha value is -3.84. The van der Waals surface area contributed by atoms with Gasteiger partial charge in [-0.3, -0.25) is 4.31 Å². The Bertz CT molecular complexity index is 1880. The van der Waals surface area contributed by atoms with Gasteiger partial charge >= 0.3 is 0 Å². The quantitative estimate of drug-likeness (QED) is 0.242. The number of sulfonamides is 1. The molecule has 2 aromatic carbocycles. The van der Waals surface area contributed by atoms with E-state index in [1.807, 2.05) is 19.2 Å². The molecule has 0 saturated heterocycles. The van der Waals surface area contributed by atoms with Crippen LogP contribution in [0.3, 0.4) is 0 Å². The molecule has 1 aliphatic heterocycles. The molecule has 9 nitrogen and oxygen atoms in total. The smallest absolute Gasteiger partial charge is 0.232 e. The lowest BCUT2D eigenvalue weighted by molar-refractivity contribution is 0.112. The van der Waals surface area contributed by atoms with Crippen LogP contribution in [-0.4, -0.2) is 52.5 Å². The summed E-state index contributed by atoms with van der Waals surface area (Å²) in [6.45, 7) is 1.62. The molecule has 0 unspecified atom stereocenters. The summed E-state index contributed by atoms with van der Waals surface area (Å²) >= 11 is 1.54. The van der Waals surface area contributed by atoms with Gasteiger partial charge in [-0.05, 0) is 43.4 Å². The largest absolute Gasteiger partial charge is 0.480 e. The van der Waals surface area contributed by atoms with Gasteiger partial charge in [0, 0.05) is 59.9 Å². The lowest BCUT2D eigenvalue weighted by atomic mass is 9.99. The predicted octanol–water partition coefficient (Wildman–Crippen LogP) is 5.62. The number of methoxy groups -OCH3 is 1. The monoisotopic (exact) mass is 608 g/mol. The second kappa shape index (κ2) is 11.1. The van der Waals surface area contributed by atoms with E-state index in [0.717, 1.165) is 39.2 Å². The van der Waals surface area contributed by atoms with Crippen molar-refractivity contribution in [1.82, 2.24) is 15.3 Å². The highest BCUT2D eigenvalue weighted by Crippen LogP contribution is 2.43. The van der Waals surface area contributed by atoms with Crippen LogP contribution in [0.5, 0.6) is 5.88 Å². The number of fused-ring (bicyclic) bond motifs is 2. The third kappa shape index (κ3) is 5.15. The molecule has 42 heavy (non-hydrogen) atoms. The Morgan fingerprint density at radius 2 is 1.93 bits per heavy atom. The fourth-order valence-corrected chi connectivity index (χ4v) is 6.66. The van der Waals surface area contributed by atoms with Crippen molar-refractivity contribution in [3.8, 4) is 38.9 Å². The lowest BCUT2D eigenvalue weighted by Gasteiger charge is -2.21. The van der Waals surface area contributed by atoms with Crippen molar-refractivity contribution in [2.24, 2.45) is 0 Å². The number of halogens is 1. The van der Waals surface area contributed by atoms with Crippen molar-refractivity contribution in [2.75, 3.05) is 38.4 Å². The molecule has 0 aliphatic carbocycles. The molecule has 6 rings (SSSR count). The van der Waals surface area contributed by atoms with E-state index in [1.165, 1.54) is 34.8 Å². The van der Waals surface area contributed by atoms with Crippen LogP contribution in [0.25, 0.3) is 44.0 Å². The van der Waals surface area contributed by atoms with Crippen molar-refractivity contribution in [3.63, 3.8) is 0 Å². The van der Waals surface area contributed by atoms with E-state index < -0.39 is 10.0 Å². The molecule has 0 bridgehead atoms. The van der Waals surface area contributed by atoms with Crippen molar-refractivity contribution < 1.29 is 26.7 Å². The van der Waals surface area contributed by atoms with Crippen molar-refractivity contribution in [2.45, 2.75) is 19.6 Å². The Labute approximate surface area is 247 Å². The predicted molar refractivity (Wildman–Crippen MR) is 162 cm³/mol. The number of thiazole rings is 1. The van der Waals surface area contributed by atoms with Crippen LogP contribution in [-0.2, 0) is 34.3 Å². The standard InChI is InChI=1S/C30H29FN4O5S2/c1-32-15-23-21-12-20(18-11-22(29(38-3)33-14-18)30-34-24-9-10-39-16-27(24)41-30)25(35(2)42(4,36)37)13-26(21)40-28(23)17-5-7-19(31)8-6-17/h5-8,11-14,32H,9-10,15-16H2,1-4H3. The van der Waals surface area contributed by atoms with E-state index in [2.05, 4.69) is 10.3 Å². The van der Waals surface area contributed by atoms with Gasteiger partial charge in [-0.15, -0.1) is 11.3 Å². The number of nitrogens with zero attached hydrogens (tertiary/aromatic N) is 3. The summed E-state index contributed by atoms with van der Waals surface area (Å²) in [6, 6.07) is 11.7. The zero-order valence-corrected chi connectivity index (χ0v) is 25.2. The van der Waals surface area contributed by atoms with Gasteiger partial charge in [-0.1, -0.05) is 0 Å². The normalized spacial score (nSPS) is 13.4. The third-order valence-corrected chi connectivity index (χ3v) is 9.58. The number of aromatic nitrogens is 2. The number of anilines is 1. The first-order valence-electron chi connectivity index (χ1n) is 13.2. The van der Waals surface area contributed by atoms with Crippen LogP contribution in [0, 0.1) is 5.82 Å². The summed E-state index contributed by atoms with van der Waals surface area (Å²) < 4.78 is 58.0. The van der Waals surface area contributed by atoms with Gasteiger partial charge in [-0.2, -0.15) is 0 Å². The van der Waals surface area contributed by atoms with E-state index in [9.17, 15) is 12.8 Å². The first-order chi connectivity index (χ1) is 20.2. The molecule has 12 heteroatoms. The third-order valence-electron chi connectivity index (χ3n) is 7.29. The second-order valence-corrected chi connectivity index (χ2v) is 13.1. The fourth-order valence-electron chi connectivity index (χ4n) is 5.10. The fraction of sp³-hybridized carbons (Fsp3) is 0.267. The number of furan rings is 1. The van der Waals surface area contributed by atoms with Gasteiger partial charge in [0.1, 0.15) is 22.2 Å². The zero-order valence-electron chi connectivity index (χ0n) is 23.5. The highest BCUT2D eigenvalue weighted by molar-refractivity contribution is 7.92. The number of rotatable bonds is 8. The Kier molecular flexibility index (Phi) is 7.48. The zero-order chi connectivity index (χ0) is 29.6. The topological polar surface area (TPSA) is 107 Å². The summed E-state index contributed by atoms with van der Waals surface area (Å²) in [6.07, 6.45) is 3.56. The van der Waals surface area contributed by atoms with Crippen LogP contribution in [0.4, 0.5) is 10.1 Å². The molecule has 1 N–H and O–H groups in total. The SMILES string of the molecule is CNCc1c(-c2ccc(F)cc2)oc2cc(N(C)S(C)(=O)=O)c(-c3cnc(OC)c(-c4nc5c(s4)COCC5)c3)cc12. The minimum Gasteiger partial charge on any atom is -0.480 e. The molecular formula is C30H29FN4O5S2. The molecule has 3 aromatic heterocycles. The van der Waals surface area contributed by atoms with Crippen LogP contribution < -0.4 is 14.4 Å². The molecule has 0 fully saturated rings. The Morgan fingerprint density at radius 3 is 2.62 bits per heavy atom. The second-order valence-electron chi connectivity index (χ2n) is 10.0. The van der Waals surface area contributed by atoms with Crippen molar-refractivity contribution >= 4 is 38.0 Å². The van der Waals surface area contributed by atoms with E-state index in [4.69, 9.17) is 18.9 Å². The highest BCUT2D eigenvalue weighted by atomic mass is 32.2. The highest BCUT2D eigenvalue weighted by Gasteiger charge is 2.25. The van der Waals surface area contributed by atoms with E-state index in [1.54, 1.807) is 31.5 Å². The maximum atomic E-state index is 13.7. The Balaban J connectivity index is 1.59. The van der Waals surface area contributed by atoms with Crippen LogP contribution in [0.15, 0.2) is 53.1 Å². The van der Waals surface area contributed by atoms with Gasteiger partial charge in [0.15, 0.2) is 0 Å². The van der Waals surface area contributed by atoms with E-state index in [-0.39, 0.29) is 5.82 Å². The van der Waals surface area contributed by atoms with Gasteiger partial charge in [0.25, 0.3) is 0 Å². The molecule has 0 spiro atoms. The van der Waals surface area contributed by atoms with Gasteiger partial charge in [0.2, 0.25) is 15.9 Å². The van der Waals surface area contributed by atoms with E-state index >= 15 is 0 Å². The molecule has 4 heterocycles. The first-order valence-corrected chi connectivity index (χ1v) is 15.9. The molecule has 0 saturated carbocycles.